The Morgan fingerprint density at radius 3 is 2.30 bits per heavy atom. The van der Waals surface area contributed by atoms with Crippen LogP contribution in [0.1, 0.15) is 21.6 Å². The molecule has 0 saturated carbocycles. The third-order valence-corrected chi connectivity index (χ3v) is 4.18. The fourth-order valence-corrected chi connectivity index (χ4v) is 2.64. The molecule has 1 amide bonds. The Morgan fingerprint density at radius 1 is 0.963 bits per heavy atom. The van der Waals surface area contributed by atoms with Crippen molar-refractivity contribution in [2.75, 3.05) is 19.5 Å². The number of hydrogen-bond acceptors (Lipinski definition) is 5. The number of nitrogens with zero attached hydrogens (tertiary/aromatic N) is 2. The smallest absolute Gasteiger partial charge is 0.259 e. The first-order valence-corrected chi connectivity index (χ1v) is 8.46. The van der Waals surface area contributed by atoms with Gasteiger partial charge in [0.25, 0.3) is 5.91 Å². The number of carbonyl (C=O) groups excluding carboxylic acids is 1. The standard InChI is InChI=1S/C21H21N3O3/c1-13-5-7-15(8-6-13)20-22-12-17(14(2)23-20)21(25)24-16-9-10-18(26-3)19(11-16)27-4/h5-12H,1-4H3,(H,24,25). The van der Waals surface area contributed by atoms with Crippen molar-refractivity contribution in [2.24, 2.45) is 0 Å². The number of amides is 1. The van der Waals surface area contributed by atoms with Crippen molar-refractivity contribution < 1.29 is 14.3 Å². The number of aromatic nitrogens is 2. The van der Waals surface area contributed by atoms with Crippen molar-refractivity contribution in [1.82, 2.24) is 9.97 Å². The van der Waals surface area contributed by atoms with Crippen molar-refractivity contribution in [3.63, 3.8) is 0 Å². The Kier molecular flexibility index (Phi) is 5.35. The van der Waals surface area contributed by atoms with E-state index in [2.05, 4.69) is 15.3 Å². The van der Waals surface area contributed by atoms with Gasteiger partial charge in [-0.25, -0.2) is 9.97 Å². The van der Waals surface area contributed by atoms with Gasteiger partial charge in [-0.1, -0.05) is 29.8 Å². The van der Waals surface area contributed by atoms with E-state index in [9.17, 15) is 4.79 Å². The molecular weight excluding hydrogens is 342 g/mol. The van der Waals surface area contributed by atoms with Crippen LogP contribution in [0, 0.1) is 13.8 Å². The lowest BCUT2D eigenvalue weighted by Crippen LogP contribution is -2.15. The molecule has 0 bridgehead atoms. The summed E-state index contributed by atoms with van der Waals surface area (Å²) >= 11 is 0. The van der Waals surface area contributed by atoms with E-state index in [0.717, 1.165) is 5.56 Å². The number of methoxy groups -OCH3 is 2. The van der Waals surface area contributed by atoms with Crippen LogP contribution in [0.3, 0.4) is 0 Å². The molecule has 0 radical (unpaired) electrons. The number of nitrogens with one attached hydrogen (secondary N) is 1. The van der Waals surface area contributed by atoms with Gasteiger partial charge < -0.3 is 14.8 Å². The van der Waals surface area contributed by atoms with E-state index in [1.807, 2.05) is 31.2 Å². The van der Waals surface area contributed by atoms with Gasteiger partial charge in [0.2, 0.25) is 0 Å². The number of ether oxygens (including phenoxy) is 2. The first-order chi connectivity index (χ1) is 13.0. The lowest BCUT2D eigenvalue weighted by molar-refractivity contribution is 0.102. The number of anilines is 1. The molecule has 2 aromatic carbocycles. The third-order valence-electron chi connectivity index (χ3n) is 4.18. The van der Waals surface area contributed by atoms with E-state index >= 15 is 0 Å². The van der Waals surface area contributed by atoms with Crippen molar-refractivity contribution in [3.8, 4) is 22.9 Å². The van der Waals surface area contributed by atoms with E-state index in [1.54, 1.807) is 45.5 Å². The summed E-state index contributed by atoms with van der Waals surface area (Å²) in [6, 6.07) is 13.1. The normalized spacial score (nSPS) is 10.4. The predicted octanol–water partition coefficient (Wildman–Crippen LogP) is 4.03. The number of carbonyl (C=O) groups is 1. The summed E-state index contributed by atoms with van der Waals surface area (Å²) in [5.41, 5.74) is 3.70. The highest BCUT2D eigenvalue weighted by atomic mass is 16.5. The van der Waals surface area contributed by atoms with Crippen LogP contribution in [0.25, 0.3) is 11.4 Å². The molecular formula is C21H21N3O3. The summed E-state index contributed by atoms with van der Waals surface area (Å²) < 4.78 is 10.5. The van der Waals surface area contributed by atoms with E-state index in [-0.39, 0.29) is 5.91 Å². The first-order valence-electron chi connectivity index (χ1n) is 8.46. The minimum Gasteiger partial charge on any atom is -0.493 e. The van der Waals surface area contributed by atoms with Crippen molar-refractivity contribution >= 4 is 11.6 Å². The lowest BCUT2D eigenvalue weighted by atomic mass is 10.1. The second-order valence-corrected chi connectivity index (χ2v) is 6.08. The summed E-state index contributed by atoms with van der Waals surface area (Å²) in [7, 11) is 3.11. The molecule has 0 unspecified atom stereocenters. The summed E-state index contributed by atoms with van der Waals surface area (Å²) in [4.78, 5) is 21.4. The lowest BCUT2D eigenvalue weighted by Gasteiger charge is -2.11. The SMILES string of the molecule is COc1ccc(NC(=O)c2cnc(-c3ccc(C)cc3)nc2C)cc1OC. The molecule has 3 aromatic rings. The highest BCUT2D eigenvalue weighted by molar-refractivity contribution is 6.05. The number of hydrogen-bond donors (Lipinski definition) is 1. The summed E-state index contributed by atoms with van der Waals surface area (Å²) in [6.45, 7) is 3.82. The van der Waals surface area contributed by atoms with Crippen molar-refractivity contribution in [2.45, 2.75) is 13.8 Å². The van der Waals surface area contributed by atoms with Gasteiger partial charge in [0.1, 0.15) is 0 Å². The molecule has 1 aromatic heterocycles. The average molecular weight is 363 g/mol. The molecule has 0 saturated heterocycles. The zero-order valence-corrected chi connectivity index (χ0v) is 15.7. The fourth-order valence-electron chi connectivity index (χ4n) is 2.64. The molecule has 0 fully saturated rings. The Labute approximate surface area is 158 Å². The van der Waals surface area contributed by atoms with E-state index in [1.165, 1.54) is 5.56 Å². The second kappa shape index (κ2) is 7.86. The largest absolute Gasteiger partial charge is 0.493 e. The fraction of sp³-hybridized carbons (Fsp3) is 0.190. The van der Waals surface area contributed by atoms with Crippen LogP contribution in [0.15, 0.2) is 48.7 Å². The van der Waals surface area contributed by atoms with Crippen LogP contribution in [0.4, 0.5) is 5.69 Å². The van der Waals surface area contributed by atoms with Gasteiger partial charge in [0, 0.05) is 23.5 Å². The molecule has 27 heavy (non-hydrogen) atoms. The molecule has 138 valence electrons. The molecule has 0 spiro atoms. The molecule has 1 heterocycles. The Morgan fingerprint density at radius 2 is 1.67 bits per heavy atom. The Balaban J connectivity index is 1.82. The Bertz CT molecular complexity index is 969. The minimum absolute atomic E-state index is 0.282. The van der Waals surface area contributed by atoms with Gasteiger partial charge in [-0.15, -0.1) is 0 Å². The van der Waals surface area contributed by atoms with Gasteiger partial charge in [-0.05, 0) is 26.0 Å². The summed E-state index contributed by atoms with van der Waals surface area (Å²) in [5, 5.41) is 2.84. The van der Waals surface area contributed by atoms with E-state index in [4.69, 9.17) is 9.47 Å². The molecule has 1 N–H and O–H groups in total. The Hall–Kier alpha value is -3.41. The average Bonchev–Trinajstić information content (AvgIpc) is 2.68. The maximum absolute atomic E-state index is 12.6. The van der Waals surface area contributed by atoms with Gasteiger partial charge in [-0.3, -0.25) is 4.79 Å². The van der Waals surface area contributed by atoms with Crippen LogP contribution < -0.4 is 14.8 Å². The quantitative estimate of drug-likeness (QED) is 0.741. The number of aryl methyl sites for hydroxylation is 2. The predicted molar refractivity (Wildman–Crippen MR) is 104 cm³/mol. The molecule has 0 aliphatic heterocycles. The highest BCUT2D eigenvalue weighted by Gasteiger charge is 2.14. The van der Waals surface area contributed by atoms with Gasteiger partial charge in [-0.2, -0.15) is 0 Å². The van der Waals surface area contributed by atoms with Crippen LogP contribution in [-0.2, 0) is 0 Å². The summed E-state index contributed by atoms with van der Waals surface area (Å²) in [6.07, 6.45) is 1.55. The maximum Gasteiger partial charge on any atom is 0.259 e. The van der Waals surface area contributed by atoms with E-state index < -0.39 is 0 Å². The van der Waals surface area contributed by atoms with Crippen LogP contribution >= 0.6 is 0 Å². The third kappa shape index (κ3) is 4.06. The molecule has 6 heteroatoms. The second-order valence-electron chi connectivity index (χ2n) is 6.08. The monoisotopic (exact) mass is 363 g/mol. The van der Waals surface area contributed by atoms with Crippen LogP contribution in [0.2, 0.25) is 0 Å². The van der Waals surface area contributed by atoms with Gasteiger partial charge >= 0.3 is 0 Å². The van der Waals surface area contributed by atoms with Crippen molar-refractivity contribution in [3.05, 3.63) is 65.5 Å². The molecule has 6 nitrogen and oxygen atoms in total. The molecule has 0 atom stereocenters. The van der Waals surface area contributed by atoms with Crippen LogP contribution in [-0.4, -0.2) is 30.1 Å². The number of benzene rings is 2. The van der Waals surface area contributed by atoms with Crippen molar-refractivity contribution in [1.29, 1.82) is 0 Å². The van der Waals surface area contributed by atoms with E-state index in [0.29, 0.717) is 34.3 Å². The molecule has 0 aliphatic carbocycles. The zero-order valence-electron chi connectivity index (χ0n) is 15.7. The topological polar surface area (TPSA) is 73.3 Å². The highest BCUT2D eigenvalue weighted by Crippen LogP contribution is 2.30. The molecule has 3 rings (SSSR count). The minimum atomic E-state index is -0.282. The molecule has 0 aliphatic rings. The zero-order chi connectivity index (χ0) is 19.4. The number of rotatable bonds is 5. The first kappa shape index (κ1) is 18.4. The summed E-state index contributed by atoms with van der Waals surface area (Å²) in [5.74, 6) is 1.45. The maximum atomic E-state index is 12.6. The van der Waals surface area contributed by atoms with Gasteiger partial charge in [0.05, 0.1) is 25.5 Å². The van der Waals surface area contributed by atoms with Crippen LogP contribution in [0.5, 0.6) is 11.5 Å². The van der Waals surface area contributed by atoms with Gasteiger partial charge in [0.15, 0.2) is 17.3 Å².